The summed E-state index contributed by atoms with van der Waals surface area (Å²) < 4.78 is 1.88. The van der Waals surface area contributed by atoms with Crippen LogP contribution < -0.4 is 4.90 Å². The number of aryl methyl sites for hydroxylation is 1. The molecule has 22 heavy (non-hydrogen) atoms. The molecular formula is C17H22N4O. The molecule has 5 nitrogen and oxygen atoms in total. The van der Waals surface area contributed by atoms with Gasteiger partial charge in [0.15, 0.2) is 0 Å². The van der Waals surface area contributed by atoms with E-state index in [1.165, 1.54) is 5.56 Å². The van der Waals surface area contributed by atoms with Crippen molar-refractivity contribution in [3.05, 3.63) is 47.9 Å². The summed E-state index contributed by atoms with van der Waals surface area (Å²) in [6.07, 6.45) is 5.79. The third-order valence-electron chi connectivity index (χ3n) is 4.29. The lowest BCUT2D eigenvalue weighted by molar-refractivity contribution is 0.0726. The van der Waals surface area contributed by atoms with Crippen LogP contribution in [0.1, 0.15) is 34.9 Å². The van der Waals surface area contributed by atoms with Crippen molar-refractivity contribution in [2.75, 3.05) is 25.5 Å². The largest absolute Gasteiger partial charge is 0.363 e. The van der Waals surface area contributed by atoms with Gasteiger partial charge in [-0.3, -0.25) is 4.79 Å². The lowest BCUT2D eigenvalue weighted by atomic mass is 10.1. The first-order valence-corrected chi connectivity index (χ1v) is 7.63. The summed E-state index contributed by atoms with van der Waals surface area (Å²) in [4.78, 5) is 21.2. The maximum atomic E-state index is 12.8. The number of nitrogens with zero attached hydrogens (tertiary/aromatic N) is 4. The molecule has 1 aliphatic heterocycles. The van der Waals surface area contributed by atoms with E-state index in [-0.39, 0.29) is 11.9 Å². The first-order chi connectivity index (χ1) is 10.6. The normalized spacial score (nSPS) is 17.8. The van der Waals surface area contributed by atoms with Gasteiger partial charge < -0.3 is 14.4 Å². The van der Waals surface area contributed by atoms with Gasteiger partial charge in [-0.05, 0) is 42.7 Å². The lowest BCUT2D eigenvalue weighted by Crippen LogP contribution is -2.31. The average molecular weight is 298 g/mol. The van der Waals surface area contributed by atoms with Crippen molar-refractivity contribution in [3.8, 4) is 0 Å². The van der Waals surface area contributed by atoms with Gasteiger partial charge in [0.1, 0.15) is 11.5 Å². The van der Waals surface area contributed by atoms with Crippen LogP contribution in [-0.2, 0) is 7.05 Å². The van der Waals surface area contributed by atoms with Crippen molar-refractivity contribution in [1.82, 2.24) is 14.5 Å². The molecule has 0 saturated carbocycles. The molecule has 0 aromatic carbocycles. The fourth-order valence-corrected chi connectivity index (χ4v) is 3.07. The van der Waals surface area contributed by atoms with Crippen molar-refractivity contribution in [3.63, 3.8) is 0 Å². The van der Waals surface area contributed by atoms with Gasteiger partial charge in [-0.25, -0.2) is 4.98 Å². The highest BCUT2D eigenvalue weighted by molar-refractivity contribution is 5.93. The predicted molar refractivity (Wildman–Crippen MR) is 87.0 cm³/mol. The Labute approximate surface area is 131 Å². The number of amides is 1. The second kappa shape index (κ2) is 5.83. The molecule has 3 heterocycles. The van der Waals surface area contributed by atoms with Gasteiger partial charge in [0.2, 0.25) is 0 Å². The Morgan fingerprint density at radius 2 is 2.18 bits per heavy atom. The highest BCUT2D eigenvalue weighted by atomic mass is 16.2. The third-order valence-corrected chi connectivity index (χ3v) is 4.29. The van der Waals surface area contributed by atoms with Gasteiger partial charge in [0, 0.05) is 40.1 Å². The van der Waals surface area contributed by atoms with Gasteiger partial charge in [-0.2, -0.15) is 0 Å². The molecule has 0 radical (unpaired) electrons. The van der Waals surface area contributed by atoms with E-state index in [1.807, 2.05) is 66.1 Å². The van der Waals surface area contributed by atoms with Crippen molar-refractivity contribution in [2.45, 2.75) is 18.9 Å². The van der Waals surface area contributed by atoms with E-state index >= 15 is 0 Å². The molecule has 2 aromatic heterocycles. The first-order valence-electron chi connectivity index (χ1n) is 7.63. The van der Waals surface area contributed by atoms with E-state index in [9.17, 15) is 4.79 Å². The Kier molecular flexibility index (Phi) is 3.88. The van der Waals surface area contributed by atoms with Gasteiger partial charge in [-0.15, -0.1) is 0 Å². The quantitative estimate of drug-likeness (QED) is 0.874. The first kappa shape index (κ1) is 14.6. The molecule has 0 spiro atoms. The molecule has 2 aromatic rings. The molecule has 1 aliphatic rings. The standard InChI is InChI=1S/C17H22N4O/c1-19(2)16-12-13(8-9-18-16)14-6-5-11-21(14)17(22)15-7-4-10-20(15)3/h4,7-10,12,14H,5-6,11H2,1-3H3/t14-/m1/s1. The van der Waals surface area contributed by atoms with Crippen molar-refractivity contribution < 1.29 is 4.79 Å². The minimum Gasteiger partial charge on any atom is -0.363 e. The molecule has 0 N–H and O–H groups in total. The smallest absolute Gasteiger partial charge is 0.270 e. The number of rotatable bonds is 3. The highest BCUT2D eigenvalue weighted by Crippen LogP contribution is 2.33. The molecule has 1 fully saturated rings. The second-order valence-corrected chi connectivity index (χ2v) is 6.00. The number of hydrogen-bond acceptors (Lipinski definition) is 3. The van der Waals surface area contributed by atoms with E-state index in [0.717, 1.165) is 30.9 Å². The maximum absolute atomic E-state index is 12.8. The number of hydrogen-bond donors (Lipinski definition) is 0. The van der Waals surface area contributed by atoms with E-state index in [0.29, 0.717) is 0 Å². The minimum atomic E-state index is 0.109. The molecular weight excluding hydrogens is 276 g/mol. The van der Waals surface area contributed by atoms with Crippen molar-refractivity contribution >= 4 is 11.7 Å². The lowest BCUT2D eigenvalue weighted by Gasteiger charge is -2.26. The molecule has 1 saturated heterocycles. The predicted octanol–water partition coefficient (Wildman–Crippen LogP) is 2.46. The van der Waals surface area contributed by atoms with Gasteiger partial charge in [0.25, 0.3) is 5.91 Å². The van der Waals surface area contributed by atoms with E-state index < -0.39 is 0 Å². The zero-order valence-electron chi connectivity index (χ0n) is 13.4. The topological polar surface area (TPSA) is 41.4 Å². The molecule has 116 valence electrons. The second-order valence-electron chi connectivity index (χ2n) is 6.00. The van der Waals surface area contributed by atoms with Crippen LogP contribution in [0.15, 0.2) is 36.7 Å². The zero-order chi connectivity index (χ0) is 15.7. The Balaban J connectivity index is 1.89. The van der Waals surface area contributed by atoms with Crippen LogP contribution in [0, 0.1) is 0 Å². The molecule has 0 unspecified atom stereocenters. The number of carbonyl (C=O) groups is 1. The third kappa shape index (κ3) is 2.58. The summed E-state index contributed by atoms with van der Waals surface area (Å²) in [5, 5.41) is 0. The number of aromatic nitrogens is 2. The zero-order valence-corrected chi connectivity index (χ0v) is 13.4. The average Bonchev–Trinajstić information content (AvgIpc) is 3.15. The number of likely N-dealkylation sites (tertiary alicyclic amines) is 1. The summed E-state index contributed by atoms with van der Waals surface area (Å²) in [6, 6.07) is 8.05. The Hall–Kier alpha value is -2.30. The van der Waals surface area contributed by atoms with Crippen LogP contribution in [-0.4, -0.2) is 41.0 Å². The maximum Gasteiger partial charge on any atom is 0.270 e. The molecule has 1 atom stereocenters. The summed E-state index contributed by atoms with van der Waals surface area (Å²) in [5.74, 6) is 1.04. The molecule has 5 heteroatoms. The number of pyridine rings is 1. The van der Waals surface area contributed by atoms with Crippen molar-refractivity contribution in [1.29, 1.82) is 0 Å². The Bertz CT molecular complexity index is 677. The number of anilines is 1. The van der Waals surface area contributed by atoms with Crippen LogP contribution in [0.3, 0.4) is 0 Å². The molecule has 1 amide bonds. The van der Waals surface area contributed by atoms with Crippen LogP contribution in [0.4, 0.5) is 5.82 Å². The number of carbonyl (C=O) groups excluding carboxylic acids is 1. The van der Waals surface area contributed by atoms with Crippen molar-refractivity contribution in [2.24, 2.45) is 7.05 Å². The summed E-state index contributed by atoms with van der Waals surface area (Å²) in [5.41, 5.74) is 1.91. The summed E-state index contributed by atoms with van der Waals surface area (Å²) in [6.45, 7) is 0.814. The molecule has 0 aliphatic carbocycles. The summed E-state index contributed by atoms with van der Waals surface area (Å²) in [7, 11) is 5.87. The van der Waals surface area contributed by atoms with Crippen LogP contribution in [0.25, 0.3) is 0 Å². The van der Waals surface area contributed by atoms with Gasteiger partial charge >= 0.3 is 0 Å². The van der Waals surface area contributed by atoms with E-state index in [1.54, 1.807) is 0 Å². The van der Waals surface area contributed by atoms with Crippen LogP contribution in [0.2, 0.25) is 0 Å². The fraction of sp³-hybridized carbons (Fsp3) is 0.412. The summed E-state index contributed by atoms with van der Waals surface area (Å²) >= 11 is 0. The van der Waals surface area contributed by atoms with Gasteiger partial charge in [-0.1, -0.05) is 0 Å². The van der Waals surface area contributed by atoms with E-state index in [2.05, 4.69) is 11.1 Å². The fourth-order valence-electron chi connectivity index (χ4n) is 3.07. The van der Waals surface area contributed by atoms with Crippen LogP contribution >= 0.6 is 0 Å². The highest BCUT2D eigenvalue weighted by Gasteiger charge is 2.31. The minimum absolute atomic E-state index is 0.109. The van der Waals surface area contributed by atoms with E-state index in [4.69, 9.17) is 0 Å². The molecule has 0 bridgehead atoms. The molecule has 3 rings (SSSR count). The Morgan fingerprint density at radius 3 is 2.86 bits per heavy atom. The van der Waals surface area contributed by atoms with Crippen LogP contribution in [0.5, 0.6) is 0 Å². The monoisotopic (exact) mass is 298 g/mol. The Morgan fingerprint density at radius 1 is 1.36 bits per heavy atom. The van der Waals surface area contributed by atoms with Gasteiger partial charge in [0.05, 0.1) is 6.04 Å². The SMILES string of the molecule is CN(C)c1cc([C@H]2CCCN2C(=O)c2cccn2C)ccn1.